The van der Waals surface area contributed by atoms with Crippen molar-refractivity contribution in [1.82, 2.24) is 10.2 Å². The van der Waals surface area contributed by atoms with E-state index in [2.05, 4.69) is 15.5 Å². The lowest BCUT2D eigenvalue weighted by molar-refractivity contribution is 0.0150. The molecule has 2 aromatic rings. The Kier molecular flexibility index (Phi) is 4.93. The Morgan fingerprint density at radius 1 is 1.19 bits per heavy atom. The van der Waals surface area contributed by atoms with Gasteiger partial charge in [-0.1, -0.05) is 12.5 Å². The number of furan rings is 1. The van der Waals surface area contributed by atoms with Gasteiger partial charge in [-0.15, -0.1) is 0 Å². The van der Waals surface area contributed by atoms with Crippen LogP contribution in [0.15, 0.2) is 47.1 Å². The first-order valence-corrected chi connectivity index (χ1v) is 9.28. The van der Waals surface area contributed by atoms with Crippen LogP contribution in [0.5, 0.6) is 0 Å². The number of fused-ring (bicyclic) bond motifs is 2. The zero-order valence-corrected chi connectivity index (χ0v) is 14.7. The molecule has 0 spiro atoms. The van der Waals surface area contributed by atoms with Crippen molar-refractivity contribution >= 4 is 11.7 Å². The van der Waals surface area contributed by atoms with Crippen LogP contribution in [0.1, 0.15) is 37.9 Å². The Labute approximate surface area is 152 Å². The lowest BCUT2D eigenvalue weighted by Gasteiger charge is -2.48. The standard InChI is InChI=1S/C20H24FN3O2/c21-14-4-1-5-15(10-14)22-20(25)23-16-11-17-6-2-7-18(12-16)24(17)13-19-8-3-9-26-19/h1,3-5,8-10,16-18H,2,6-7,11-13H2,(H2,22,23,25). The van der Waals surface area contributed by atoms with Gasteiger partial charge in [0.25, 0.3) is 0 Å². The Balaban J connectivity index is 1.35. The normalized spacial score (nSPS) is 25.7. The molecule has 2 aliphatic rings. The van der Waals surface area contributed by atoms with Crippen LogP contribution in [-0.4, -0.2) is 29.1 Å². The van der Waals surface area contributed by atoms with Crippen LogP contribution in [0.2, 0.25) is 0 Å². The third-order valence-electron chi connectivity index (χ3n) is 5.46. The number of piperidine rings is 2. The van der Waals surface area contributed by atoms with E-state index in [1.54, 1.807) is 18.4 Å². The Morgan fingerprint density at radius 3 is 2.69 bits per heavy atom. The summed E-state index contributed by atoms with van der Waals surface area (Å²) >= 11 is 0. The predicted molar refractivity (Wildman–Crippen MR) is 97.3 cm³/mol. The summed E-state index contributed by atoms with van der Waals surface area (Å²) < 4.78 is 18.8. The summed E-state index contributed by atoms with van der Waals surface area (Å²) in [6.45, 7) is 0.838. The summed E-state index contributed by atoms with van der Waals surface area (Å²) in [5, 5.41) is 5.80. The van der Waals surface area contributed by atoms with Crippen molar-refractivity contribution < 1.29 is 13.6 Å². The molecule has 2 amide bonds. The predicted octanol–water partition coefficient (Wildman–Crippen LogP) is 4.13. The van der Waals surface area contributed by atoms with Crippen molar-refractivity contribution in [2.24, 2.45) is 0 Å². The topological polar surface area (TPSA) is 57.5 Å². The minimum Gasteiger partial charge on any atom is -0.468 e. The van der Waals surface area contributed by atoms with E-state index in [-0.39, 0.29) is 17.9 Å². The summed E-state index contributed by atoms with van der Waals surface area (Å²) in [6, 6.07) is 10.7. The van der Waals surface area contributed by atoms with E-state index in [4.69, 9.17) is 4.42 Å². The number of hydrogen-bond donors (Lipinski definition) is 2. The molecule has 5 nitrogen and oxygen atoms in total. The summed E-state index contributed by atoms with van der Waals surface area (Å²) in [6.07, 6.45) is 7.14. The van der Waals surface area contributed by atoms with Crippen molar-refractivity contribution in [3.05, 3.63) is 54.2 Å². The van der Waals surface area contributed by atoms with Gasteiger partial charge in [-0.3, -0.25) is 4.90 Å². The molecule has 0 radical (unpaired) electrons. The lowest BCUT2D eigenvalue weighted by atomic mass is 9.81. The second kappa shape index (κ2) is 7.50. The molecule has 2 bridgehead atoms. The fourth-order valence-corrected chi connectivity index (χ4v) is 4.36. The van der Waals surface area contributed by atoms with Crippen molar-refractivity contribution in [2.75, 3.05) is 5.32 Å². The Bertz CT molecular complexity index is 735. The van der Waals surface area contributed by atoms with Crippen LogP contribution in [0, 0.1) is 5.82 Å². The molecule has 6 heteroatoms. The highest BCUT2D eigenvalue weighted by Crippen LogP contribution is 2.35. The molecule has 26 heavy (non-hydrogen) atoms. The number of rotatable bonds is 4. The highest BCUT2D eigenvalue weighted by Gasteiger charge is 2.38. The molecule has 2 unspecified atom stereocenters. The summed E-state index contributed by atoms with van der Waals surface area (Å²) in [5.41, 5.74) is 0.470. The molecule has 1 aromatic carbocycles. The molecule has 2 fully saturated rings. The molecule has 2 aliphatic heterocycles. The van der Waals surface area contributed by atoms with Gasteiger partial charge in [-0.05, 0) is 56.0 Å². The first-order chi connectivity index (χ1) is 12.7. The third-order valence-corrected chi connectivity index (χ3v) is 5.46. The van der Waals surface area contributed by atoms with Gasteiger partial charge in [0.2, 0.25) is 0 Å². The molecule has 0 saturated carbocycles. The molecule has 1 aromatic heterocycles. The van der Waals surface area contributed by atoms with E-state index in [1.165, 1.54) is 18.6 Å². The molecule has 3 heterocycles. The van der Waals surface area contributed by atoms with Crippen LogP contribution in [0.4, 0.5) is 14.9 Å². The number of carbonyl (C=O) groups is 1. The summed E-state index contributed by atoms with van der Waals surface area (Å²) in [5.74, 6) is 0.640. The van der Waals surface area contributed by atoms with E-state index in [1.807, 2.05) is 12.1 Å². The number of amides is 2. The molecule has 2 atom stereocenters. The first kappa shape index (κ1) is 17.1. The van der Waals surface area contributed by atoms with Crippen LogP contribution in [0.25, 0.3) is 0 Å². The van der Waals surface area contributed by atoms with Crippen LogP contribution in [-0.2, 0) is 6.54 Å². The van der Waals surface area contributed by atoms with E-state index in [0.29, 0.717) is 17.8 Å². The van der Waals surface area contributed by atoms with Gasteiger partial charge >= 0.3 is 6.03 Å². The average molecular weight is 357 g/mol. The number of carbonyl (C=O) groups excluding carboxylic acids is 1. The maximum Gasteiger partial charge on any atom is 0.319 e. The minimum absolute atomic E-state index is 0.145. The number of halogens is 1. The SMILES string of the molecule is O=C(Nc1cccc(F)c1)NC1CC2CCCC(C1)N2Cc1ccco1. The summed E-state index contributed by atoms with van der Waals surface area (Å²) in [4.78, 5) is 14.8. The summed E-state index contributed by atoms with van der Waals surface area (Å²) in [7, 11) is 0. The quantitative estimate of drug-likeness (QED) is 0.865. The monoisotopic (exact) mass is 357 g/mol. The smallest absolute Gasteiger partial charge is 0.319 e. The Hall–Kier alpha value is -2.34. The van der Waals surface area contributed by atoms with E-state index in [9.17, 15) is 9.18 Å². The largest absolute Gasteiger partial charge is 0.468 e. The van der Waals surface area contributed by atoms with Gasteiger partial charge in [0.05, 0.1) is 12.8 Å². The maximum absolute atomic E-state index is 13.2. The second-order valence-electron chi connectivity index (χ2n) is 7.27. The molecular weight excluding hydrogens is 333 g/mol. The van der Waals surface area contributed by atoms with Gasteiger partial charge < -0.3 is 15.1 Å². The minimum atomic E-state index is -0.358. The van der Waals surface area contributed by atoms with E-state index < -0.39 is 0 Å². The van der Waals surface area contributed by atoms with Crippen LogP contribution in [0.3, 0.4) is 0 Å². The van der Waals surface area contributed by atoms with Gasteiger partial charge in [0, 0.05) is 23.8 Å². The van der Waals surface area contributed by atoms with Gasteiger partial charge in [0.15, 0.2) is 0 Å². The average Bonchev–Trinajstić information content (AvgIpc) is 3.08. The van der Waals surface area contributed by atoms with Crippen molar-refractivity contribution in [3.8, 4) is 0 Å². The van der Waals surface area contributed by atoms with Crippen molar-refractivity contribution in [3.63, 3.8) is 0 Å². The van der Waals surface area contributed by atoms with Crippen molar-refractivity contribution in [1.29, 1.82) is 0 Å². The zero-order valence-electron chi connectivity index (χ0n) is 14.7. The van der Waals surface area contributed by atoms with Crippen LogP contribution >= 0.6 is 0 Å². The second-order valence-corrected chi connectivity index (χ2v) is 7.27. The molecule has 0 aliphatic carbocycles. The Morgan fingerprint density at radius 2 is 2.00 bits per heavy atom. The fraction of sp³-hybridized carbons (Fsp3) is 0.450. The fourth-order valence-electron chi connectivity index (χ4n) is 4.36. The molecular formula is C20H24FN3O2. The third kappa shape index (κ3) is 3.90. The zero-order chi connectivity index (χ0) is 17.9. The number of nitrogens with zero attached hydrogens (tertiary/aromatic N) is 1. The number of hydrogen-bond acceptors (Lipinski definition) is 3. The van der Waals surface area contributed by atoms with Crippen molar-refractivity contribution in [2.45, 2.75) is 56.8 Å². The van der Waals surface area contributed by atoms with Crippen LogP contribution < -0.4 is 10.6 Å². The highest BCUT2D eigenvalue weighted by molar-refractivity contribution is 5.89. The number of benzene rings is 1. The number of urea groups is 1. The van der Waals surface area contributed by atoms with Gasteiger partial charge in [0.1, 0.15) is 11.6 Å². The molecule has 138 valence electrons. The molecule has 4 rings (SSSR count). The molecule has 2 saturated heterocycles. The van der Waals surface area contributed by atoms with Gasteiger partial charge in [-0.25, -0.2) is 9.18 Å². The highest BCUT2D eigenvalue weighted by atomic mass is 19.1. The molecule has 2 N–H and O–H groups in total. The van der Waals surface area contributed by atoms with Gasteiger partial charge in [-0.2, -0.15) is 0 Å². The maximum atomic E-state index is 13.2. The first-order valence-electron chi connectivity index (χ1n) is 9.28. The van der Waals surface area contributed by atoms with E-state index in [0.717, 1.165) is 38.0 Å². The van der Waals surface area contributed by atoms with E-state index >= 15 is 0 Å². The number of nitrogens with one attached hydrogen (secondary N) is 2. The lowest BCUT2D eigenvalue weighted by Crippen LogP contribution is -2.56. The number of anilines is 1.